The van der Waals surface area contributed by atoms with Gasteiger partial charge in [0.2, 0.25) is 5.91 Å². The first-order valence-corrected chi connectivity index (χ1v) is 7.54. The second-order valence-corrected chi connectivity index (χ2v) is 5.29. The molecule has 1 N–H and O–H groups in total. The summed E-state index contributed by atoms with van der Waals surface area (Å²) in [5, 5.41) is 2.87. The Balaban J connectivity index is 2.37. The van der Waals surface area contributed by atoms with Crippen LogP contribution in [0.25, 0.3) is 0 Å². The van der Waals surface area contributed by atoms with E-state index in [1.54, 1.807) is 6.08 Å². The Kier molecular flexibility index (Phi) is 7.80. The third-order valence-electron chi connectivity index (χ3n) is 3.87. The highest BCUT2D eigenvalue weighted by molar-refractivity contribution is 5.81. The number of carbonyl (C=O) groups is 1. The zero-order chi connectivity index (χ0) is 15.0. The summed E-state index contributed by atoms with van der Waals surface area (Å²) in [5.41, 5.74) is 0. The molecule has 0 unspecified atom stereocenters. The van der Waals surface area contributed by atoms with Crippen molar-refractivity contribution in [2.24, 2.45) is 0 Å². The number of amides is 1. The van der Waals surface area contributed by atoms with Crippen molar-refractivity contribution < 1.29 is 9.53 Å². The van der Waals surface area contributed by atoms with Crippen LogP contribution < -0.4 is 5.32 Å². The molecule has 1 aliphatic rings. The van der Waals surface area contributed by atoms with Gasteiger partial charge in [-0.25, -0.2) is 0 Å². The number of rotatable bonds is 8. The third-order valence-corrected chi connectivity index (χ3v) is 3.87. The minimum atomic E-state index is -0.0774. The Hall–Kier alpha value is -0.910. The van der Waals surface area contributed by atoms with E-state index in [1.165, 1.54) is 0 Å². The van der Waals surface area contributed by atoms with Gasteiger partial charge >= 0.3 is 0 Å². The van der Waals surface area contributed by atoms with E-state index in [2.05, 4.69) is 28.6 Å². The van der Waals surface area contributed by atoms with Crippen LogP contribution in [-0.4, -0.2) is 73.7 Å². The van der Waals surface area contributed by atoms with Gasteiger partial charge in [0.05, 0.1) is 12.6 Å². The van der Waals surface area contributed by atoms with E-state index in [1.807, 2.05) is 13.8 Å². The molecule has 1 aliphatic heterocycles. The number of ether oxygens (including phenoxy) is 1. The van der Waals surface area contributed by atoms with E-state index in [0.717, 1.165) is 39.4 Å². The van der Waals surface area contributed by atoms with Crippen LogP contribution in [0.3, 0.4) is 0 Å². The molecule has 0 aromatic rings. The maximum atomic E-state index is 12.0. The number of carbonyl (C=O) groups excluding carboxylic acids is 1. The van der Waals surface area contributed by atoms with E-state index < -0.39 is 0 Å². The first-order chi connectivity index (χ1) is 9.60. The van der Waals surface area contributed by atoms with Crippen molar-refractivity contribution in [2.45, 2.75) is 32.9 Å². The summed E-state index contributed by atoms with van der Waals surface area (Å²) < 4.78 is 5.41. The lowest BCUT2D eigenvalue weighted by Crippen LogP contribution is -2.57. The first-order valence-electron chi connectivity index (χ1n) is 7.54. The molecule has 20 heavy (non-hydrogen) atoms. The van der Waals surface area contributed by atoms with Gasteiger partial charge in [-0.2, -0.15) is 0 Å². The van der Waals surface area contributed by atoms with Crippen molar-refractivity contribution in [1.82, 2.24) is 15.1 Å². The van der Waals surface area contributed by atoms with Gasteiger partial charge in [0, 0.05) is 45.4 Å². The van der Waals surface area contributed by atoms with Gasteiger partial charge in [0.15, 0.2) is 0 Å². The van der Waals surface area contributed by atoms with Crippen LogP contribution in [0.15, 0.2) is 12.7 Å². The molecule has 0 saturated carbocycles. The molecule has 0 aromatic heterocycles. The molecule has 1 heterocycles. The molecule has 0 aliphatic carbocycles. The summed E-state index contributed by atoms with van der Waals surface area (Å²) in [4.78, 5) is 16.6. The smallest absolute Gasteiger partial charge is 0.237 e. The van der Waals surface area contributed by atoms with Gasteiger partial charge in [-0.15, -0.1) is 6.58 Å². The highest BCUT2D eigenvalue weighted by Gasteiger charge is 2.29. The van der Waals surface area contributed by atoms with E-state index in [0.29, 0.717) is 12.6 Å². The Morgan fingerprint density at radius 2 is 2.30 bits per heavy atom. The molecule has 5 heteroatoms. The molecule has 5 nitrogen and oxygen atoms in total. The fourth-order valence-corrected chi connectivity index (χ4v) is 2.52. The van der Waals surface area contributed by atoms with Crippen molar-refractivity contribution in [3.8, 4) is 0 Å². The van der Waals surface area contributed by atoms with Crippen molar-refractivity contribution in [2.75, 3.05) is 45.9 Å². The third kappa shape index (κ3) is 5.23. The van der Waals surface area contributed by atoms with Gasteiger partial charge in [-0.1, -0.05) is 6.08 Å². The fraction of sp³-hybridized carbons (Fsp3) is 0.800. The number of piperazine rings is 1. The van der Waals surface area contributed by atoms with E-state index in [-0.39, 0.29) is 11.9 Å². The predicted octanol–water partition coefficient (Wildman–Crippen LogP) is 0.720. The van der Waals surface area contributed by atoms with Crippen LogP contribution in [-0.2, 0) is 9.53 Å². The molecule has 1 fully saturated rings. The first kappa shape index (κ1) is 17.1. The quantitative estimate of drug-likeness (QED) is 0.527. The van der Waals surface area contributed by atoms with Gasteiger partial charge in [-0.3, -0.25) is 14.6 Å². The number of nitrogens with one attached hydrogen (secondary N) is 1. The summed E-state index contributed by atoms with van der Waals surface area (Å²) in [5.74, 6) is 0.0832. The zero-order valence-corrected chi connectivity index (χ0v) is 13.1. The molecule has 2 atom stereocenters. The molecule has 0 spiro atoms. The maximum absolute atomic E-state index is 12.0. The lowest BCUT2D eigenvalue weighted by Gasteiger charge is -2.41. The van der Waals surface area contributed by atoms with Crippen molar-refractivity contribution in [3.05, 3.63) is 12.7 Å². The molecule has 1 rings (SSSR count). The van der Waals surface area contributed by atoms with Crippen LogP contribution in [0.2, 0.25) is 0 Å². The number of hydrogen-bond donors (Lipinski definition) is 1. The van der Waals surface area contributed by atoms with Crippen LogP contribution >= 0.6 is 0 Å². The molecular formula is C15H29N3O2. The average Bonchev–Trinajstić information content (AvgIpc) is 2.45. The lowest BCUT2D eigenvalue weighted by molar-refractivity contribution is -0.126. The fourth-order valence-electron chi connectivity index (χ4n) is 2.52. The van der Waals surface area contributed by atoms with Crippen LogP contribution in [0.4, 0.5) is 0 Å². The average molecular weight is 283 g/mol. The van der Waals surface area contributed by atoms with Crippen molar-refractivity contribution in [3.63, 3.8) is 0 Å². The number of nitrogens with zero attached hydrogens (tertiary/aromatic N) is 2. The Morgan fingerprint density at radius 3 is 2.90 bits per heavy atom. The minimum Gasteiger partial charge on any atom is -0.380 e. The lowest BCUT2D eigenvalue weighted by atomic mass is 10.1. The van der Waals surface area contributed by atoms with Crippen LogP contribution in [0.5, 0.6) is 0 Å². The second kappa shape index (κ2) is 9.10. The molecule has 0 bridgehead atoms. The summed E-state index contributed by atoms with van der Waals surface area (Å²) in [6.07, 6.45) is 1.71. The molecule has 116 valence electrons. The van der Waals surface area contributed by atoms with Gasteiger partial charge in [-0.05, 0) is 20.8 Å². The van der Waals surface area contributed by atoms with E-state index in [9.17, 15) is 4.79 Å². The topological polar surface area (TPSA) is 44.8 Å². The van der Waals surface area contributed by atoms with Crippen molar-refractivity contribution >= 4 is 5.91 Å². The maximum Gasteiger partial charge on any atom is 0.237 e. The monoisotopic (exact) mass is 283 g/mol. The van der Waals surface area contributed by atoms with Gasteiger partial charge < -0.3 is 10.1 Å². The largest absolute Gasteiger partial charge is 0.380 e. The second-order valence-electron chi connectivity index (χ2n) is 5.29. The van der Waals surface area contributed by atoms with Crippen LogP contribution in [0.1, 0.15) is 20.8 Å². The Bertz CT molecular complexity index is 309. The normalized spacial score (nSPS) is 22.4. The molecule has 0 radical (unpaired) electrons. The molecule has 1 saturated heterocycles. The minimum absolute atomic E-state index is 0.0774. The predicted molar refractivity (Wildman–Crippen MR) is 81.8 cm³/mol. The molecule has 0 aromatic carbocycles. The number of hydrogen-bond acceptors (Lipinski definition) is 4. The summed E-state index contributed by atoms with van der Waals surface area (Å²) >= 11 is 0. The standard InChI is InChI=1S/C15H29N3O2/c1-5-7-16-15(19)14(4)18-9-8-17(13(3)12-18)10-11-20-6-2/h5,13-14H,1,6-12H2,2-4H3,(H,16,19)/t13-,14-/m1/s1. The summed E-state index contributed by atoms with van der Waals surface area (Å²) in [6, 6.07) is 0.380. The zero-order valence-electron chi connectivity index (χ0n) is 13.1. The SMILES string of the molecule is C=CCNC(=O)[C@@H](C)N1CCN(CCOCC)[C@H](C)C1. The van der Waals surface area contributed by atoms with E-state index in [4.69, 9.17) is 4.74 Å². The van der Waals surface area contributed by atoms with Gasteiger partial charge in [0.1, 0.15) is 0 Å². The highest BCUT2D eigenvalue weighted by Crippen LogP contribution is 2.12. The molecule has 1 amide bonds. The summed E-state index contributed by atoms with van der Waals surface area (Å²) in [7, 11) is 0. The van der Waals surface area contributed by atoms with Crippen LogP contribution in [0, 0.1) is 0 Å². The van der Waals surface area contributed by atoms with Gasteiger partial charge in [0.25, 0.3) is 0 Å². The Labute approximate surface area is 122 Å². The Morgan fingerprint density at radius 1 is 1.55 bits per heavy atom. The van der Waals surface area contributed by atoms with Crippen molar-refractivity contribution in [1.29, 1.82) is 0 Å². The summed E-state index contributed by atoms with van der Waals surface area (Å²) in [6.45, 7) is 15.7. The molecular weight excluding hydrogens is 254 g/mol. The highest BCUT2D eigenvalue weighted by atomic mass is 16.5. The van der Waals surface area contributed by atoms with E-state index >= 15 is 0 Å².